The molecular formula is C18H19ClN2O3S. The summed E-state index contributed by atoms with van der Waals surface area (Å²) in [5.74, 6) is -0.114. The van der Waals surface area contributed by atoms with Crippen molar-refractivity contribution in [3.8, 4) is 0 Å². The second kappa shape index (κ2) is 7.56. The van der Waals surface area contributed by atoms with E-state index in [-0.39, 0.29) is 17.2 Å². The van der Waals surface area contributed by atoms with Crippen LogP contribution in [0.1, 0.15) is 24.0 Å². The van der Waals surface area contributed by atoms with Gasteiger partial charge < -0.3 is 5.32 Å². The molecule has 0 saturated heterocycles. The van der Waals surface area contributed by atoms with Gasteiger partial charge >= 0.3 is 0 Å². The van der Waals surface area contributed by atoms with Gasteiger partial charge in [-0.2, -0.15) is 0 Å². The molecule has 0 bridgehead atoms. The molecule has 1 heterocycles. The Morgan fingerprint density at radius 3 is 2.72 bits per heavy atom. The molecule has 0 spiro atoms. The number of carbonyl (C=O) groups excluding carboxylic acids is 1. The fourth-order valence-corrected chi connectivity index (χ4v) is 4.16. The number of nitrogens with one attached hydrogen (secondary N) is 2. The van der Waals surface area contributed by atoms with E-state index >= 15 is 0 Å². The average molecular weight is 379 g/mol. The van der Waals surface area contributed by atoms with Crippen LogP contribution in [0.4, 0.5) is 5.69 Å². The van der Waals surface area contributed by atoms with Gasteiger partial charge in [-0.25, -0.2) is 13.1 Å². The molecule has 25 heavy (non-hydrogen) atoms. The number of anilines is 1. The highest BCUT2D eigenvalue weighted by Gasteiger charge is 2.21. The highest BCUT2D eigenvalue weighted by atomic mass is 35.5. The Balaban J connectivity index is 1.52. The van der Waals surface area contributed by atoms with Crippen molar-refractivity contribution in [1.29, 1.82) is 0 Å². The summed E-state index contributed by atoms with van der Waals surface area (Å²) in [5, 5.41) is 3.43. The van der Waals surface area contributed by atoms with Gasteiger partial charge in [0, 0.05) is 17.3 Å². The molecule has 0 unspecified atom stereocenters. The van der Waals surface area contributed by atoms with E-state index in [4.69, 9.17) is 11.6 Å². The van der Waals surface area contributed by atoms with Crippen LogP contribution >= 0.6 is 11.6 Å². The maximum absolute atomic E-state index is 12.4. The van der Waals surface area contributed by atoms with E-state index in [1.54, 1.807) is 12.1 Å². The smallest absolute Gasteiger partial charge is 0.240 e. The van der Waals surface area contributed by atoms with Crippen LogP contribution in [0.25, 0.3) is 0 Å². The monoisotopic (exact) mass is 378 g/mol. The molecule has 1 aliphatic heterocycles. The summed E-state index contributed by atoms with van der Waals surface area (Å²) >= 11 is 6.11. The molecule has 2 N–H and O–H groups in total. The van der Waals surface area contributed by atoms with Crippen molar-refractivity contribution < 1.29 is 13.2 Å². The van der Waals surface area contributed by atoms with Crippen molar-refractivity contribution in [3.63, 3.8) is 0 Å². The van der Waals surface area contributed by atoms with E-state index in [2.05, 4.69) is 10.0 Å². The van der Waals surface area contributed by atoms with Gasteiger partial charge in [0.15, 0.2) is 0 Å². The average Bonchev–Trinajstić information content (AvgIpc) is 2.95. The predicted molar refractivity (Wildman–Crippen MR) is 98.4 cm³/mol. The van der Waals surface area contributed by atoms with E-state index in [1.165, 1.54) is 6.07 Å². The third kappa shape index (κ3) is 4.39. The molecule has 0 saturated carbocycles. The summed E-state index contributed by atoms with van der Waals surface area (Å²) in [4.78, 5) is 11.5. The lowest BCUT2D eigenvalue weighted by Gasteiger charge is -2.08. The first-order valence-corrected chi connectivity index (χ1v) is 9.98. The number of rotatable bonds is 7. The third-order valence-corrected chi connectivity index (χ3v) is 5.96. The van der Waals surface area contributed by atoms with E-state index < -0.39 is 10.0 Å². The highest BCUT2D eigenvalue weighted by molar-refractivity contribution is 7.89. The summed E-state index contributed by atoms with van der Waals surface area (Å²) in [5.41, 5.74) is 2.47. The zero-order valence-electron chi connectivity index (χ0n) is 13.6. The number of hydrogen-bond acceptors (Lipinski definition) is 3. The van der Waals surface area contributed by atoms with Crippen molar-refractivity contribution in [1.82, 2.24) is 4.72 Å². The summed E-state index contributed by atoms with van der Waals surface area (Å²) in [6.45, 7) is 0.362. The summed E-state index contributed by atoms with van der Waals surface area (Å²) in [6, 6.07) is 12.4. The zero-order chi connectivity index (χ0) is 17.9. The number of unbranched alkanes of at least 4 members (excludes halogenated alkanes) is 1. The standard InChI is InChI=1S/C18H19ClN2O3S/c19-16-7-2-1-5-13(16)6-3-4-10-20-25(23,24)15-8-9-17-14(11-15)12-18(22)21-17/h1-2,5,7-9,11,20H,3-4,6,10,12H2,(H,21,22). The number of amides is 1. The van der Waals surface area contributed by atoms with Gasteiger partial charge in [-0.3, -0.25) is 4.79 Å². The molecule has 0 aromatic heterocycles. The highest BCUT2D eigenvalue weighted by Crippen LogP contribution is 2.25. The van der Waals surface area contributed by atoms with Crippen LogP contribution in [0.2, 0.25) is 5.02 Å². The minimum absolute atomic E-state index is 0.114. The van der Waals surface area contributed by atoms with Crippen LogP contribution in [0.3, 0.4) is 0 Å². The van der Waals surface area contributed by atoms with Crippen molar-refractivity contribution in [2.75, 3.05) is 11.9 Å². The molecule has 5 nitrogen and oxygen atoms in total. The minimum Gasteiger partial charge on any atom is -0.326 e. The van der Waals surface area contributed by atoms with Crippen molar-refractivity contribution in [3.05, 3.63) is 58.6 Å². The van der Waals surface area contributed by atoms with Gasteiger partial charge in [0.2, 0.25) is 15.9 Å². The SMILES string of the molecule is O=C1Cc2cc(S(=O)(=O)NCCCCc3ccccc3Cl)ccc2N1. The first-order valence-electron chi connectivity index (χ1n) is 8.11. The van der Waals surface area contributed by atoms with E-state index in [0.717, 1.165) is 29.8 Å². The maximum Gasteiger partial charge on any atom is 0.240 e. The number of hydrogen-bond donors (Lipinski definition) is 2. The van der Waals surface area contributed by atoms with Gasteiger partial charge in [0.25, 0.3) is 0 Å². The number of benzene rings is 2. The lowest BCUT2D eigenvalue weighted by atomic mass is 10.1. The van der Waals surface area contributed by atoms with Crippen LogP contribution in [0, 0.1) is 0 Å². The maximum atomic E-state index is 12.4. The molecule has 1 amide bonds. The lowest BCUT2D eigenvalue weighted by molar-refractivity contribution is -0.115. The molecule has 2 aromatic rings. The van der Waals surface area contributed by atoms with Gasteiger partial charge in [-0.05, 0) is 54.7 Å². The number of halogens is 1. The molecule has 7 heteroatoms. The van der Waals surface area contributed by atoms with Crippen molar-refractivity contribution >= 4 is 33.2 Å². The second-order valence-electron chi connectivity index (χ2n) is 5.99. The number of fused-ring (bicyclic) bond motifs is 1. The molecule has 3 rings (SSSR count). The van der Waals surface area contributed by atoms with Crippen LogP contribution < -0.4 is 10.0 Å². The predicted octanol–water partition coefficient (Wildman–Crippen LogP) is 3.14. The van der Waals surface area contributed by atoms with Crippen molar-refractivity contribution in [2.24, 2.45) is 0 Å². The molecule has 0 atom stereocenters. The van der Waals surface area contributed by atoms with Crippen LogP contribution in [0.15, 0.2) is 47.4 Å². The minimum atomic E-state index is -3.57. The van der Waals surface area contributed by atoms with E-state index in [9.17, 15) is 13.2 Å². The number of carbonyl (C=O) groups is 1. The quantitative estimate of drug-likeness (QED) is 0.727. The zero-order valence-corrected chi connectivity index (χ0v) is 15.2. The fraction of sp³-hybridized carbons (Fsp3) is 0.278. The van der Waals surface area contributed by atoms with Crippen LogP contribution in [-0.4, -0.2) is 20.9 Å². The Morgan fingerprint density at radius 1 is 1.12 bits per heavy atom. The molecule has 1 aliphatic rings. The molecule has 2 aromatic carbocycles. The molecule has 0 aliphatic carbocycles. The lowest BCUT2D eigenvalue weighted by Crippen LogP contribution is -2.25. The first kappa shape index (κ1) is 17.9. The Bertz CT molecular complexity index is 897. The van der Waals surface area contributed by atoms with Crippen LogP contribution in [-0.2, 0) is 27.7 Å². The first-order chi connectivity index (χ1) is 12.0. The Morgan fingerprint density at radius 2 is 1.92 bits per heavy atom. The molecular weight excluding hydrogens is 360 g/mol. The fourth-order valence-electron chi connectivity index (χ4n) is 2.80. The van der Waals surface area contributed by atoms with Crippen LogP contribution in [0.5, 0.6) is 0 Å². The van der Waals surface area contributed by atoms with E-state index in [1.807, 2.05) is 24.3 Å². The van der Waals surface area contributed by atoms with Gasteiger partial charge in [0.1, 0.15) is 0 Å². The molecule has 0 radical (unpaired) electrons. The largest absolute Gasteiger partial charge is 0.326 e. The summed E-state index contributed by atoms with van der Waals surface area (Å²) in [6.07, 6.45) is 2.59. The Hall–Kier alpha value is -1.89. The third-order valence-electron chi connectivity index (χ3n) is 4.13. The second-order valence-corrected chi connectivity index (χ2v) is 8.16. The number of sulfonamides is 1. The van der Waals surface area contributed by atoms with Gasteiger partial charge in [-0.15, -0.1) is 0 Å². The Kier molecular flexibility index (Phi) is 5.42. The van der Waals surface area contributed by atoms with Gasteiger partial charge in [-0.1, -0.05) is 29.8 Å². The normalized spacial score (nSPS) is 13.6. The molecule has 132 valence electrons. The number of aryl methyl sites for hydroxylation is 1. The summed E-state index contributed by atoms with van der Waals surface area (Å²) < 4.78 is 27.3. The molecule has 0 fully saturated rings. The topological polar surface area (TPSA) is 75.3 Å². The van der Waals surface area contributed by atoms with Gasteiger partial charge in [0.05, 0.1) is 11.3 Å². The summed E-state index contributed by atoms with van der Waals surface area (Å²) in [7, 11) is -3.57. The Labute approximate surface area is 152 Å². The van der Waals surface area contributed by atoms with E-state index in [0.29, 0.717) is 17.8 Å². The van der Waals surface area contributed by atoms with Crippen molar-refractivity contribution in [2.45, 2.75) is 30.6 Å².